The molecule has 0 aromatic carbocycles. The number of hydrogen-bond acceptors (Lipinski definition) is 2. The molecule has 2 rings (SSSR count). The van der Waals surface area contributed by atoms with E-state index in [2.05, 4.69) is 4.99 Å². The molecule has 2 N–H and O–H groups in total. The summed E-state index contributed by atoms with van der Waals surface area (Å²) in [5.74, 6) is 0.727. The molecule has 0 aromatic heterocycles. The molecule has 0 amide bonds. The van der Waals surface area contributed by atoms with Crippen LogP contribution in [0.5, 0.6) is 0 Å². The lowest BCUT2D eigenvalue weighted by atomic mass is 10.2. The van der Waals surface area contributed by atoms with Gasteiger partial charge in [-0.25, -0.2) is 0 Å². The van der Waals surface area contributed by atoms with Crippen LogP contribution in [0, 0.1) is 0 Å². The van der Waals surface area contributed by atoms with Gasteiger partial charge in [-0.15, -0.1) is 0 Å². The topological polar surface area (TPSA) is 47.6 Å². The molecule has 2 fully saturated rings. The van der Waals surface area contributed by atoms with E-state index in [1.54, 1.807) is 0 Å². The Labute approximate surface area is 66.6 Å². The smallest absolute Gasteiger partial charge is 0.123 e. The van der Waals surface area contributed by atoms with Gasteiger partial charge in [0.1, 0.15) is 11.9 Å². The minimum atomic E-state index is 0.135. The molecule has 2 aliphatic rings. The Bertz CT molecular complexity index is 169. The Kier molecular flexibility index (Phi) is 1.82. The van der Waals surface area contributed by atoms with Crippen molar-refractivity contribution in [3.8, 4) is 0 Å². The fraction of sp³-hybridized carbons (Fsp3) is 0.875. The van der Waals surface area contributed by atoms with Crippen molar-refractivity contribution in [2.45, 2.75) is 37.8 Å². The van der Waals surface area contributed by atoms with Gasteiger partial charge in [-0.05, 0) is 25.7 Å². The highest BCUT2D eigenvalue weighted by molar-refractivity contribution is 5.85. The van der Waals surface area contributed by atoms with Gasteiger partial charge < -0.3 is 10.5 Å². The molecule has 0 radical (unpaired) electrons. The highest BCUT2D eigenvalue weighted by atomic mass is 16.5. The molecular weight excluding hydrogens is 140 g/mol. The molecule has 1 saturated carbocycles. The van der Waals surface area contributed by atoms with Crippen LogP contribution < -0.4 is 5.73 Å². The molecule has 3 nitrogen and oxygen atoms in total. The van der Waals surface area contributed by atoms with E-state index in [0.717, 1.165) is 25.3 Å². The summed E-state index contributed by atoms with van der Waals surface area (Å²) in [6.45, 7) is 0.853. The first kappa shape index (κ1) is 7.10. The van der Waals surface area contributed by atoms with Crippen LogP contribution in [-0.2, 0) is 4.74 Å². The molecule has 11 heavy (non-hydrogen) atoms. The molecule has 1 heterocycles. The van der Waals surface area contributed by atoms with E-state index in [1.165, 1.54) is 12.8 Å². The summed E-state index contributed by atoms with van der Waals surface area (Å²) >= 11 is 0. The fourth-order valence-electron chi connectivity index (χ4n) is 1.31. The lowest BCUT2D eigenvalue weighted by molar-refractivity contribution is 0.157. The quantitative estimate of drug-likeness (QED) is 0.469. The van der Waals surface area contributed by atoms with Crippen LogP contribution in [0.15, 0.2) is 4.99 Å². The van der Waals surface area contributed by atoms with Gasteiger partial charge in [0, 0.05) is 6.61 Å². The zero-order chi connectivity index (χ0) is 7.68. The van der Waals surface area contributed by atoms with E-state index in [4.69, 9.17) is 10.5 Å². The van der Waals surface area contributed by atoms with Gasteiger partial charge in [-0.1, -0.05) is 0 Å². The second-order valence-corrected chi connectivity index (χ2v) is 3.29. The fourth-order valence-corrected chi connectivity index (χ4v) is 1.31. The second kappa shape index (κ2) is 2.81. The lowest BCUT2D eigenvalue weighted by Crippen LogP contribution is -2.28. The molecule has 1 aliphatic heterocycles. The van der Waals surface area contributed by atoms with Crippen LogP contribution in [0.25, 0.3) is 0 Å². The Hall–Kier alpha value is -0.570. The van der Waals surface area contributed by atoms with Crippen LogP contribution in [0.1, 0.15) is 25.7 Å². The predicted octanol–water partition coefficient (Wildman–Crippen LogP) is 0.685. The Morgan fingerprint density at radius 2 is 2.18 bits per heavy atom. The number of nitrogens with zero attached hydrogens (tertiary/aromatic N) is 1. The van der Waals surface area contributed by atoms with Gasteiger partial charge >= 0.3 is 0 Å². The summed E-state index contributed by atoms with van der Waals surface area (Å²) in [5.41, 5.74) is 5.74. The van der Waals surface area contributed by atoms with Gasteiger partial charge in [0.15, 0.2) is 0 Å². The number of nitrogens with two attached hydrogens (primary N) is 1. The van der Waals surface area contributed by atoms with E-state index < -0.39 is 0 Å². The van der Waals surface area contributed by atoms with Gasteiger partial charge in [0.05, 0.1) is 6.04 Å². The molecular formula is C8H14N2O. The molecule has 1 atom stereocenters. The SMILES string of the molecule is NC(=NC1CC1)C1CCCO1. The first-order valence-electron chi connectivity index (χ1n) is 4.31. The van der Waals surface area contributed by atoms with Crippen molar-refractivity contribution in [2.75, 3.05) is 6.61 Å². The first-order valence-corrected chi connectivity index (χ1v) is 4.31. The number of hydrogen-bond donors (Lipinski definition) is 1. The highest BCUT2D eigenvalue weighted by Gasteiger charge is 2.24. The van der Waals surface area contributed by atoms with E-state index in [-0.39, 0.29) is 6.10 Å². The number of ether oxygens (including phenoxy) is 1. The van der Waals surface area contributed by atoms with Gasteiger partial charge in [0.25, 0.3) is 0 Å². The molecule has 3 heteroatoms. The van der Waals surface area contributed by atoms with Crippen LogP contribution in [0.2, 0.25) is 0 Å². The number of rotatable bonds is 2. The van der Waals surface area contributed by atoms with Crippen LogP contribution in [0.4, 0.5) is 0 Å². The van der Waals surface area contributed by atoms with Gasteiger partial charge in [0.2, 0.25) is 0 Å². The molecule has 62 valence electrons. The number of aliphatic imine (C=N–C) groups is 1. The zero-order valence-corrected chi connectivity index (χ0v) is 6.62. The third kappa shape index (κ3) is 1.71. The predicted molar refractivity (Wildman–Crippen MR) is 43.6 cm³/mol. The van der Waals surface area contributed by atoms with E-state index in [1.807, 2.05) is 0 Å². The zero-order valence-electron chi connectivity index (χ0n) is 6.62. The van der Waals surface area contributed by atoms with Crippen molar-refractivity contribution in [1.82, 2.24) is 0 Å². The Morgan fingerprint density at radius 3 is 2.73 bits per heavy atom. The van der Waals surface area contributed by atoms with Crippen molar-refractivity contribution in [1.29, 1.82) is 0 Å². The first-order chi connectivity index (χ1) is 5.36. The van der Waals surface area contributed by atoms with E-state index >= 15 is 0 Å². The maximum atomic E-state index is 5.74. The molecule has 1 aliphatic carbocycles. The average Bonchev–Trinajstić information content (AvgIpc) is 2.67. The van der Waals surface area contributed by atoms with Gasteiger partial charge in [-0.3, -0.25) is 4.99 Å². The summed E-state index contributed by atoms with van der Waals surface area (Å²) in [6.07, 6.45) is 4.75. The van der Waals surface area contributed by atoms with Gasteiger partial charge in [-0.2, -0.15) is 0 Å². The Balaban J connectivity index is 1.90. The average molecular weight is 154 g/mol. The molecule has 0 aromatic rings. The van der Waals surface area contributed by atoms with E-state index in [9.17, 15) is 0 Å². The third-order valence-electron chi connectivity index (χ3n) is 2.14. The summed E-state index contributed by atoms with van der Waals surface area (Å²) in [6, 6.07) is 0.527. The largest absolute Gasteiger partial charge is 0.385 e. The van der Waals surface area contributed by atoms with Crippen LogP contribution >= 0.6 is 0 Å². The molecule has 0 bridgehead atoms. The van der Waals surface area contributed by atoms with Crippen molar-refractivity contribution in [2.24, 2.45) is 10.7 Å². The molecule has 0 spiro atoms. The Morgan fingerprint density at radius 1 is 1.36 bits per heavy atom. The minimum Gasteiger partial charge on any atom is -0.385 e. The summed E-state index contributed by atoms with van der Waals surface area (Å²) in [7, 11) is 0. The van der Waals surface area contributed by atoms with Crippen LogP contribution in [-0.4, -0.2) is 24.6 Å². The lowest BCUT2D eigenvalue weighted by Gasteiger charge is -2.07. The standard InChI is InChI=1S/C8H14N2O/c9-8(10-6-3-4-6)7-2-1-5-11-7/h6-7H,1-5H2,(H2,9,10). The second-order valence-electron chi connectivity index (χ2n) is 3.29. The van der Waals surface area contributed by atoms with E-state index in [0.29, 0.717) is 6.04 Å². The van der Waals surface area contributed by atoms with Crippen LogP contribution in [0.3, 0.4) is 0 Å². The number of amidine groups is 1. The summed E-state index contributed by atoms with van der Waals surface area (Å²) in [5, 5.41) is 0. The monoisotopic (exact) mass is 154 g/mol. The van der Waals surface area contributed by atoms with Crippen molar-refractivity contribution >= 4 is 5.84 Å². The molecule has 1 unspecified atom stereocenters. The van der Waals surface area contributed by atoms with Crippen molar-refractivity contribution < 1.29 is 4.74 Å². The van der Waals surface area contributed by atoms with Crippen molar-refractivity contribution in [3.63, 3.8) is 0 Å². The molecule has 1 saturated heterocycles. The summed E-state index contributed by atoms with van der Waals surface area (Å²) in [4.78, 5) is 4.34. The highest BCUT2D eigenvalue weighted by Crippen LogP contribution is 2.24. The third-order valence-corrected chi connectivity index (χ3v) is 2.14. The normalized spacial score (nSPS) is 32.7. The minimum absolute atomic E-state index is 0.135. The maximum Gasteiger partial charge on any atom is 0.123 e. The van der Waals surface area contributed by atoms with Crippen molar-refractivity contribution in [3.05, 3.63) is 0 Å². The maximum absolute atomic E-state index is 5.74. The summed E-state index contributed by atoms with van der Waals surface area (Å²) < 4.78 is 5.39.